The van der Waals surface area contributed by atoms with Crippen LogP contribution in [-0.2, 0) is 19.4 Å². The van der Waals surface area contributed by atoms with Crippen molar-refractivity contribution in [2.24, 2.45) is 5.41 Å². The van der Waals surface area contributed by atoms with Gasteiger partial charge in [-0.3, -0.25) is 4.79 Å². The van der Waals surface area contributed by atoms with E-state index in [1.54, 1.807) is 24.3 Å². The second kappa shape index (κ2) is 10.5. The summed E-state index contributed by atoms with van der Waals surface area (Å²) >= 11 is 0. The van der Waals surface area contributed by atoms with Crippen molar-refractivity contribution in [1.29, 1.82) is 0 Å². The summed E-state index contributed by atoms with van der Waals surface area (Å²) < 4.78 is 31.7. The van der Waals surface area contributed by atoms with E-state index in [1.807, 2.05) is 26.8 Å². The SMILES string of the molecule is CC(C)(C)C(=O)OCCCCCCCCS(=O)(=O)c1nnnn1-c1ccccc1. The van der Waals surface area contributed by atoms with Gasteiger partial charge in [0, 0.05) is 0 Å². The van der Waals surface area contributed by atoms with E-state index in [4.69, 9.17) is 4.74 Å². The van der Waals surface area contributed by atoms with Crippen molar-refractivity contribution >= 4 is 15.8 Å². The molecule has 160 valence electrons. The Morgan fingerprint density at radius 3 is 2.28 bits per heavy atom. The minimum atomic E-state index is -3.55. The van der Waals surface area contributed by atoms with Crippen LogP contribution in [0.2, 0.25) is 0 Å². The van der Waals surface area contributed by atoms with Crippen molar-refractivity contribution in [3.63, 3.8) is 0 Å². The third kappa shape index (κ3) is 7.23. The Balaban J connectivity index is 1.67. The van der Waals surface area contributed by atoms with E-state index in [0.717, 1.165) is 32.1 Å². The second-order valence-corrected chi connectivity index (χ2v) is 10.0. The quantitative estimate of drug-likeness (QED) is 0.404. The highest BCUT2D eigenvalue weighted by molar-refractivity contribution is 7.91. The number of aromatic nitrogens is 4. The summed E-state index contributed by atoms with van der Waals surface area (Å²) in [6.07, 6.45) is 5.07. The highest BCUT2D eigenvalue weighted by atomic mass is 32.2. The molecule has 0 fully saturated rings. The molecule has 0 amide bonds. The van der Waals surface area contributed by atoms with Crippen LogP contribution in [0.3, 0.4) is 0 Å². The highest BCUT2D eigenvalue weighted by Crippen LogP contribution is 2.17. The molecule has 1 heterocycles. The molecule has 8 nitrogen and oxygen atoms in total. The standard InChI is InChI=1S/C20H30N4O4S/c1-20(2,3)18(25)28-15-11-6-4-5-7-12-16-29(26,27)19-21-22-23-24(19)17-13-9-8-10-14-17/h8-10,13-14H,4-7,11-12,15-16H2,1-3H3. The van der Waals surface area contributed by atoms with Gasteiger partial charge < -0.3 is 4.74 Å². The normalized spacial score (nSPS) is 12.1. The minimum absolute atomic E-state index is 0.0173. The maximum atomic E-state index is 12.6. The van der Waals surface area contributed by atoms with Crippen LogP contribution in [0.1, 0.15) is 59.3 Å². The van der Waals surface area contributed by atoms with Gasteiger partial charge in [0.2, 0.25) is 9.84 Å². The molecule has 9 heteroatoms. The van der Waals surface area contributed by atoms with Crippen LogP contribution >= 0.6 is 0 Å². The third-order valence-electron chi connectivity index (χ3n) is 4.37. The number of carbonyl (C=O) groups excluding carboxylic acids is 1. The lowest BCUT2D eigenvalue weighted by Crippen LogP contribution is -2.23. The molecule has 2 rings (SSSR count). The molecular formula is C20H30N4O4S. The van der Waals surface area contributed by atoms with Crippen molar-refractivity contribution in [2.75, 3.05) is 12.4 Å². The topological polar surface area (TPSA) is 104 Å². The number of rotatable bonds is 11. The summed E-state index contributed by atoms with van der Waals surface area (Å²) in [5.41, 5.74) is 0.148. The molecule has 0 bridgehead atoms. The van der Waals surface area contributed by atoms with Crippen LogP contribution < -0.4 is 0 Å². The molecule has 0 aliphatic heterocycles. The summed E-state index contributed by atoms with van der Waals surface area (Å²) in [5.74, 6) is -0.163. The van der Waals surface area contributed by atoms with Crippen molar-refractivity contribution in [3.8, 4) is 5.69 Å². The van der Waals surface area contributed by atoms with Crippen molar-refractivity contribution in [1.82, 2.24) is 20.2 Å². The Labute approximate surface area is 172 Å². The molecule has 1 aromatic heterocycles. The molecule has 0 atom stereocenters. The van der Waals surface area contributed by atoms with E-state index in [1.165, 1.54) is 4.68 Å². The Kier molecular flexibility index (Phi) is 8.31. The van der Waals surface area contributed by atoms with Gasteiger partial charge in [0.25, 0.3) is 5.16 Å². The molecule has 29 heavy (non-hydrogen) atoms. The van der Waals surface area contributed by atoms with Gasteiger partial charge in [-0.05, 0) is 56.2 Å². The summed E-state index contributed by atoms with van der Waals surface area (Å²) in [4.78, 5) is 11.6. The molecule has 0 aliphatic carbocycles. The number of tetrazole rings is 1. The zero-order valence-electron chi connectivity index (χ0n) is 17.4. The van der Waals surface area contributed by atoms with E-state index in [-0.39, 0.29) is 16.9 Å². The van der Waals surface area contributed by atoms with E-state index < -0.39 is 15.3 Å². The molecule has 0 saturated carbocycles. The molecule has 0 spiro atoms. The Morgan fingerprint density at radius 1 is 1.00 bits per heavy atom. The number of para-hydroxylation sites is 1. The van der Waals surface area contributed by atoms with E-state index in [0.29, 0.717) is 18.7 Å². The molecule has 2 aromatic rings. The molecule has 1 aromatic carbocycles. The van der Waals surface area contributed by atoms with Gasteiger partial charge in [0.05, 0.1) is 23.5 Å². The summed E-state index contributed by atoms with van der Waals surface area (Å²) in [5, 5.41) is 10.9. The molecule has 0 radical (unpaired) electrons. The average molecular weight is 423 g/mol. The predicted molar refractivity (Wildman–Crippen MR) is 109 cm³/mol. The van der Waals surface area contributed by atoms with Gasteiger partial charge in [-0.2, -0.15) is 4.68 Å². The highest BCUT2D eigenvalue weighted by Gasteiger charge is 2.24. The number of unbranched alkanes of at least 4 members (excludes halogenated alkanes) is 5. The fourth-order valence-corrected chi connectivity index (χ4v) is 4.01. The Morgan fingerprint density at radius 2 is 1.62 bits per heavy atom. The van der Waals surface area contributed by atoms with E-state index >= 15 is 0 Å². The summed E-state index contributed by atoms with van der Waals surface area (Å²) in [6.45, 7) is 5.94. The largest absolute Gasteiger partial charge is 0.465 e. The second-order valence-electron chi connectivity index (χ2n) is 8.03. The van der Waals surface area contributed by atoms with Crippen molar-refractivity contribution < 1.29 is 17.9 Å². The minimum Gasteiger partial charge on any atom is -0.465 e. The van der Waals surface area contributed by atoms with Crippen LogP contribution in [0.4, 0.5) is 0 Å². The van der Waals surface area contributed by atoms with Crippen LogP contribution in [0.25, 0.3) is 5.69 Å². The fraction of sp³-hybridized carbons (Fsp3) is 0.600. The number of sulfone groups is 1. The Bertz CT molecular complexity index is 873. The maximum absolute atomic E-state index is 12.6. The number of nitrogens with zero attached hydrogens (tertiary/aromatic N) is 4. The average Bonchev–Trinajstić information content (AvgIpc) is 3.17. The first kappa shape index (κ1) is 23.0. The third-order valence-corrected chi connectivity index (χ3v) is 6.01. The molecule has 0 saturated heterocycles. The van der Waals surface area contributed by atoms with E-state index in [9.17, 15) is 13.2 Å². The lowest BCUT2D eigenvalue weighted by atomic mass is 9.97. The fourth-order valence-electron chi connectivity index (χ4n) is 2.68. The lowest BCUT2D eigenvalue weighted by Gasteiger charge is -2.16. The monoisotopic (exact) mass is 422 g/mol. The summed E-state index contributed by atoms with van der Waals surface area (Å²) in [7, 11) is -3.55. The number of esters is 1. The molecule has 0 aliphatic rings. The van der Waals surface area contributed by atoms with Crippen LogP contribution in [-0.4, -0.2) is 47.0 Å². The number of carbonyl (C=O) groups is 1. The Hall–Kier alpha value is -2.29. The maximum Gasteiger partial charge on any atom is 0.311 e. The van der Waals surface area contributed by atoms with Crippen LogP contribution in [0.5, 0.6) is 0 Å². The number of hydrogen-bond donors (Lipinski definition) is 0. The smallest absolute Gasteiger partial charge is 0.311 e. The first-order valence-corrected chi connectivity index (χ1v) is 11.6. The van der Waals surface area contributed by atoms with Gasteiger partial charge in [-0.25, -0.2) is 8.42 Å². The number of benzene rings is 1. The van der Waals surface area contributed by atoms with Crippen LogP contribution in [0, 0.1) is 5.41 Å². The van der Waals surface area contributed by atoms with Crippen LogP contribution in [0.15, 0.2) is 35.5 Å². The first-order chi connectivity index (χ1) is 13.7. The zero-order chi connectivity index (χ0) is 21.3. The lowest BCUT2D eigenvalue weighted by molar-refractivity contribution is -0.153. The van der Waals surface area contributed by atoms with Crippen molar-refractivity contribution in [2.45, 2.75) is 64.5 Å². The van der Waals surface area contributed by atoms with Crippen molar-refractivity contribution in [3.05, 3.63) is 30.3 Å². The molecule has 0 unspecified atom stereocenters. The number of hydrogen-bond acceptors (Lipinski definition) is 7. The van der Waals surface area contributed by atoms with Gasteiger partial charge in [0.1, 0.15) is 0 Å². The molecule has 0 N–H and O–H groups in total. The molecular weight excluding hydrogens is 392 g/mol. The van der Waals surface area contributed by atoms with Gasteiger partial charge in [0.15, 0.2) is 0 Å². The first-order valence-electron chi connectivity index (χ1n) is 9.95. The van der Waals surface area contributed by atoms with Gasteiger partial charge in [-0.15, -0.1) is 0 Å². The van der Waals surface area contributed by atoms with Gasteiger partial charge in [-0.1, -0.05) is 49.0 Å². The van der Waals surface area contributed by atoms with E-state index in [2.05, 4.69) is 15.5 Å². The number of ether oxygens (including phenoxy) is 1. The van der Waals surface area contributed by atoms with Gasteiger partial charge >= 0.3 is 5.97 Å². The zero-order valence-corrected chi connectivity index (χ0v) is 18.2. The summed E-state index contributed by atoms with van der Waals surface area (Å²) in [6, 6.07) is 8.97. The predicted octanol–water partition coefficient (Wildman–Crippen LogP) is 3.37.